The summed E-state index contributed by atoms with van der Waals surface area (Å²) in [5.74, 6) is -0.223. The summed E-state index contributed by atoms with van der Waals surface area (Å²) in [5.41, 5.74) is 2.87. The van der Waals surface area contributed by atoms with Gasteiger partial charge in [0.2, 0.25) is 0 Å². The molecule has 39 heavy (non-hydrogen) atoms. The zero-order valence-electron chi connectivity index (χ0n) is 20.9. The van der Waals surface area contributed by atoms with E-state index in [1.54, 1.807) is 48.6 Å². The van der Waals surface area contributed by atoms with Crippen LogP contribution in [0.3, 0.4) is 0 Å². The molecular weight excluding hydrogens is 568 g/mol. The molecule has 0 fully saturated rings. The van der Waals surface area contributed by atoms with Crippen LogP contribution in [-0.2, 0) is 13.2 Å². The van der Waals surface area contributed by atoms with Gasteiger partial charge >= 0.3 is 5.97 Å². The van der Waals surface area contributed by atoms with Gasteiger partial charge in [0.1, 0.15) is 36.2 Å². The number of ether oxygens (including phenoxy) is 2. The van der Waals surface area contributed by atoms with E-state index in [2.05, 4.69) is 5.16 Å². The second kappa shape index (κ2) is 12.6. The molecule has 1 aromatic heterocycles. The van der Waals surface area contributed by atoms with Gasteiger partial charge in [-0.1, -0.05) is 78.1 Å². The number of carboxylic acids is 1. The maximum atomic E-state index is 13.5. The number of aromatic nitrogens is 1. The fourth-order valence-corrected chi connectivity index (χ4v) is 4.54. The van der Waals surface area contributed by atoms with Crippen molar-refractivity contribution in [2.24, 2.45) is 0 Å². The number of rotatable bonds is 10. The second-order valence-electron chi connectivity index (χ2n) is 8.85. The molecule has 1 heterocycles. The van der Waals surface area contributed by atoms with E-state index in [0.29, 0.717) is 27.8 Å². The molecule has 0 bridgehead atoms. The lowest BCUT2D eigenvalue weighted by atomic mass is 10.1. The van der Waals surface area contributed by atoms with Crippen molar-refractivity contribution in [3.63, 3.8) is 0 Å². The largest absolute Gasteiger partial charge is 0.489 e. The Labute approximate surface area is 239 Å². The minimum absolute atomic E-state index is 0.0203. The van der Waals surface area contributed by atoms with Gasteiger partial charge in [0.25, 0.3) is 0 Å². The summed E-state index contributed by atoms with van der Waals surface area (Å²) in [6.45, 7) is 4.04. The van der Waals surface area contributed by atoms with Crippen molar-refractivity contribution in [1.29, 1.82) is 0 Å². The lowest BCUT2D eigenvalue weighted by molar-refractivity contribution is 0.0697. The average Bonchev–Trinajstić information content (AvgIpc) is 3.29. The number of halogens is 4. The first-order valence-electron chi connectivity index (χ1n) is 11.8. The SMILES string of the molecule is CC(C)c1onc(COc2c(Cl)cc(F)cc2Cl)c1COc1ccc(/C=C/c2cccc(C(=O)O)c2)c(Cl)c1. The molecule has 4 aromatic rings. The Morgan fingerprint density at radius 3 is 2.41 bits per heavy atom. The van der Waals surface area contributed by atoms with E-state index < -0.39 is 11.8 Å². The summed E-state index contributed by atoms with van der Waals surface area (Å²) >= 11 is 18.6. The second-order valence-corrected chi connectivity index (χ2v) is 10.1. The molecule has 4 rings (SSSR count). The Morgan fingerprint density at radius 1 is 1.00 bits per heavy atom. The van der Waals surface area contributed by atoms with Crippen LogP contribution in [0.15, 0.2) is 59.1 Å². The number of aromatic carboxylic acids is 1. The predicted octanol–water partition coefficient (Wildman–Crippen LogP) is 8.92. The van der Waals surface area contributed by atoms with Gasteiger partial charge in [-0.25, -0.2) is 9.18 Å². The highest BCUT2D eigenvalue weighted by Gasteiger charge is 2.21. The predicted molar refractivity (Wildman–Crippen MR) is 149 cm³/mol. The highest BCUT2D eigenvalue weighted by molar-refractivity contribution is 6.37. The summed E-state index contributed by atoms with van der Waals surface area (Å²) in [6, 6.07) is 14.1. The monoisotopic (exact) mass is 589 g/mol. The van der Waals surface area contributed by atoms with Crippen LogP contribution in [0.1, 0.15) is 58.3 Å². The number of carbonyl (C=O) groups is 1. The molecule has 0 aliphatic rings. The average molecular weight is 591 g/mol. The summed E-state index contributed by atoms with van der Waals surface area (Å²) in [7, 11) is 0. The standard InChI is InChI=1S/C29H23Cl3FNO5/c1-16(2)27-22(26(34-39-27)15-38-28-24(31)11-20(33)12-25(28)32)14-37-21-9-8-18(23(30)13-21)7-6-17-4-3-5-19(10-17)29(35)36/h3-13,16H,14-15H2,1-2H3,(H,35,36)/b7-6+. The third-order valence-electron chi connectivity index (χ3n) is 5.68. The van der Waals surface area contributed by atoms with Gasteiger partial charge in [-0.3, -0.25) is 0 Å². The fraction of sp³-hybridized carbons (Fsp3) is 0.172. The van der Waals surface area contributed by atoms with Gasteiger partial charge in [0, 0.05) is 5.92 Å². The van der Waals surface area contributed by atoms with Crippen molar-refractivity contribution in [2.45, 2.75) is 33.0 Å². The molecule has 10 heteroatoms. The fourth-order valence-electron chi connectivity index (χ4n) is 3.74. The van der Waals surface area contributed by atoms with Crippen LogP contribution in [0.2, 0.25) is 15.1 Å². The van der Waals surface area contributed by atoms with Gasteiger partial charge in [-0.2, -0.15) is 0 Å². The number of hydrogen-bond acceptors (Lipinski definition) is 5. The van der Waals surface area contributed by atoms with Gasteiger partial charge in [0.15, 0.2) is 5.75 Å². The minimum Gasteiger partial charge on any atom is -0.489 e. The number of carboxylic acid groups (broad SMARTS) is 1. The first-order chi connectivity index (χ1) is 18.6. The van der Waals surface area contributed by atoms with Crippen LogP contribution in [0.25, 0.3) is 12.2 Å². The molecule has 0 aliphatic carbocycles. The van der Waals surface area contributed by atoms with Crippen molar-refractivity contribution in [2.75, 3.05) is 0 Å². The lowest BCUT2D eigenvalue weighted by Crippen LogP contribution is -2.05. The zero-order valence-corrected chi connectivity index (χ0v) is 23.1. The highest BCUT2D eigenvalue weighted by atomic mass is 35.5. The topological polar surface area (TPSA) is 81.8 Å². The molecule has 0 unspecified atom stereocenters. The number of nitrogens with zero attached hydrogens (tertiary/aromatic N) is 1. The first kappa shape index (κ1) is 28.5. The smallest absolute Gasteiger partial charge is 0.335 e. The lowest BCUT2D eigenvalue weighted by Gasteiger charge is -2.12. The maximum Gasteiger partial charge on any atom is 0.335 e. The van der Waals surface area contributed by atoms with Crippen molar-refractivity contribution >= 4 is 52.9 Å². The van der Waals surface area contributed by atoms with E-state index in [1.807, 2.05) is 13.8 Å². The summed E-state index contributed by atoms with van der Waals surface area (Å²) < 4.78 is 30.8. The van der Waals surface area contributed by atoms with Gasteiger partial charge in [-0.05, 0) is 53.6 Å². The molecule has 0 radical (unpaired) electrons. The van der Waals surface area contributed by atoms with Crippen LogP contribution >= 0.6 is 34.8 Å². The molecule has 3 aromatic carbocycles. The van der Waals surface area contributed by atoms with Crippen molar-refractivity contribution in [1.82, 2.24) is 5.16 Å². The minimum atomic E-state index is -0.990. The normalized spacial score (nSPS) is 11.4. The van der Waals surface area contributed by atoms with Crippen molar-refractivity contribution in [3.8, 4) is 11.5 Å². The summed E-state index contributed by atoms with van der Waals surface area (Å²) in [4.78, 5) is 11.2. The van der Waals surface area contributed by atoms with E-state index in [0.717, 1.165) is 23.3 Å². The Hall–Kier alpha value is -3.52. The van der Waals surface area contributed by atoms with Crippen LogP contribution in [0.4, 0.5) is 4.39 Å². The molecule has 0 amide bonds. The summed E-state index contributed by atoms with van der Waals surface area (Å²) in [6.07, 6.45) is 3.58. The highest BCUT2D eigenvalue weighted by Crippen LogP contribution is 2.35. The van der Waals surface area contributed by atoms with Crippen LogP contribution < -0.4 is 9.47 Å². The molecule has 0 aliphatic heterocycles. The van der Waals surface area contributed by atoms with Gasteiger partial charge < -0.3 is 19.1 Å². The van der Waals surface area contributed by atoms with Gasteiger partial charge in [-0.15, -0.1) is 0 Å². The zero-order chi connectivity index (χ0) is 28.1. The molecule has 0 saturated heterocycles. The van der Waals surface area contributed by atoms with E-state index >= 15 is 0 Å². The molecule has 6 nitrogen and oxygen atoms in total. The number of hydrogen-bond donors (Lipinski definition) is 1. The van der Waals surface area contributed by atoms with E-state index in [-0.39, 0.29) is 40.5 Å². The van der Waals surface area contributed by atoms with Crippen LogP contribution in [0.5, 0.6) is 11.5 Å². The Balaban J connectivity index is 1.47. The number of benzene rings is 3. The van der Waals surface area contributed by atoms with Crippen molar-refractivity contribution < 1.29 is 28.3 Å². The first-order valence-corrected chi connectivity index (χ1v) is 12.9. The Bertz CT molecular complexity index is 1510. The molecule has 0 saturated carbocycles. The van der Waals surface area contributed by atoms with Crippen LogP contribution in [-0.4, -0.2) is 16.2 Å². The molecular formula is C29H23Cl3FNO5. The molecule has 0 spiro atoms. The Kier molecular flexibility index (Phi) is 9.17. The van der Waals surface area contributed by atoms with Crippen LogP contribution in [0, 0.1) is 5.82 Å². The Morgan fingerprint density at radius 2 is 1.74 bits per heavy atom. The van der Waals surface area contributed by atoms with Crippen molar-refractivity contribution in [3.05, 3.63) is 109 Å². The van der Waals surface area contributed by atoms with E-state index in [4.69, 9.17) is 53.9 Å². The van der Waals surface area contributed by atoms with E-state index in [9.17, 15) is 9.18 Å². The summed E-state index contributed by atoms with van der Waals surface area (Å²) in [5, 5.41) is 13.8. The maximum absolute atomic E-state index is 13.5. The third-order valence-corrected chi connectivity index (χ3v) is 6.57. The molecule has 1 N–H and O–H groups in total. The molecule has 202 valence electrons. The third kappa shape index (κ3) is 7.12. The van der Waals surface area contributed by atoms with E-state index in [1.165, 1.54) is 6.07 Å². The van der Waals surface area contributed by atoms with Gasteiger partial charge in [0.05, 0.1) is 26.2 Å². The molecule has 0 atom stereocenters. The quantitative estimate of drug-likeness (QED) is 0.186.